The number of amides is 1. The van der Waals surface area contributed by atoms with E-state index in [1.54, 1.807) is 13.8 Å². The lowest BCUT2D eigenvalue weighted by Crippen LogP contribution is -2.67. The molecule has 0 heterocycles. The van der Waals surface area contributed by atoms with Crippen molar-refractivity contribution in [2.75, 3.05) is 6.61 Å². The van der Waals surface area contributed by atoms with Gasteiger partial charge in [0.25, 0.3) is 0 Å². The normalized spacial score (nSPS) is 40.4. The number of carbonyl (C=O) groups is 4. The number of carboxylic acid groups (broad SMARTS) is 1. The maximum atomic E-state index is 13.8. The molecule has 5 fully saturated rings. The van der Waals surface area contributed by atoms with E-state index in [0.717, 1.165) is 69.8 Å². The second-order valence-corrected chi connectivity index (χ2v) is 20.0. The average Bonchev–Trinajstić information content (AvgIpc) is 3.64. The highest BCUT2D eigenvalue weighted by atomic mass is 16.6. The number of allylic oxidation sites excluding steroid dienone is 1. The van der Waals surface area contributed by atoms with Crippen LogP contribution >= 0.6 is 0 Å². The third-order valence-electron chi connectivity index (χ3n) is 15.8. The Morgan fingerprint density at radius 3 is 2.16 bits per heavy atom. The Hall–Kier alpha value is -2.38. The van der Waals surface area contributed by atoms with E-state index in [1.165, 1.54) is 5.57 Å². The van der Waals surface area contributed by atoms with E-state index in [0.29, 0.717) is 24.9 Å². The van der Waals surface area contributed by atoms with Crippen molar-refractivity contribution >= 4 is 23.8 Å². The lowest BCUT2D eigenvalue weighted by atomic mass is 9.33. The highest BCUT2D eigenvalue weighted by Gasteiger charge is 2.70. The third-order valence-corrected chi connectivity index (χ3v) is 15.8. The van der Waals surface area contributed by atoms with Gasteiger partial charge >= 0.3 is 18.0 Å². The zero-order chi connectivity index (χ0) is 36.2. The maximum absolute atomic E-state index is 13.8. The van der Waals surface area contributed by atoms with Crippen molar-refractivity contribution < 1.29 is 33.8 Å². The minimum absolute atomic E-state index is 0.0313. The van der Waals surface area contributed by atoms with E-state index in [-0.39, 0.29) is 63.3 Å². The van der Waals surface area contributed by atoms with E-state index >= 15 is 0 Å². The first kappa shape index (κ1) is 36.4. The van der Waals surface area contributed by atoms with Gasteiger partial charge in [-0.1, -0.05) is 55.4 Å². The van der Waals surface area contributed by atoms with Crippen molar-refractivity contribution in [3.63, 3.8) is 0 Å². The van der Waals surface area contributed by atoms with Gasteiger partial charge in [0.15, 0.2) is 5.78 Å². The first-order valence-electron chi connectivity index (χ1n) is 19.2. The predicted molar refractivity (Wildman–Crippen MR) is 187 cm³/mol. The van der Waals surface area contributed by atoms with Crippen LogP contribution in [-0.4, -0.2) is 47.2 Å². The maximum Gasteiger partial charge on any atom is 0.407 e. The monoisotopic (exact) mass is 681 g/mol. The van der Waals surface area contributed by atoms with Gasteiger partial charge in [-0.3, -0.25) is 14.4 Å². The molecule has 0 aliphatic heterocycles. The van der Waals surface area contributed by atoms with Crippen molar-refractivity contribution in [1.82, 2.24) is 5.32 Å². The van der Waals surface area contributed by atoms with Crippen LogP contribution in [-0.2, 0) is 23.9 Å². The number of esters is 1. The molecule has 6 aliphatic rings. The molecule has 0 aromatic heterocycles. The number of aliphatic carboxylic acids is 1. The zero-order valence-electron chi connectivity index (χ0n) is 32.0. The molecular weight excluding hydrogens is 618 g/mol. The summed E-state index contributed by atoms with van der Waals surface area (Å²) in [4.78, 5) is 52.0. The van der Waals surface area contributed by atoms with E-state index in [4.69, 9.17) is 9.47 Å². The Kier molecular flexibility index (Phi) is 8.59. The molecule has 274 valence electrons. The molecule has 5 saturated carbocycles. The Morgan fingerprint density at radius 1 is 0.878 bits per heavy atom. The summed E-state index contributed by atoms with van der Waals surface area (Å²) in [6.07, 6.45) is 9.37. The molecule has 8 atom stereocenters. The molecule has 0 saturated heterocycles. The first-order valence-corrected chi connectivity index (χ1v) is 19.2. The summed E-state index contributed by atoms with van der Waals surface area (Å²) in [6, 6.07) is 0. The topological polar surface area (TPSA) is 119 Å². The molecule has 4 unspecified atom stereocenters. The standard InChI is InChI=1S/C41H63NO7/c1-24(2)31-26(43)21-41(42-34(47)48-23-37(7)17-18-37)20-19-39(9)25(32(31)41)11-12-28-38(8)15-14-29(49-30(44)22-35(3,4)33(45)46)36(5,6)27(38)13-16-40(28,39)10/h24-25,27-29H,11-23H2,1-10H3,(H,42,47)(H,45,46)/t25?,27?,28?,29-,38?,39+,40+,41+/m0/s1. The summed E-state index contributed by atoms with van der Waals surface area (Å²) in [5.41, 5.74) is 0.255. The van der Waals surface area contributed by atoms with Crippen LogP contribution in [0, 0.1) is 56.2 Å². The van der Waals surface area contributed by atoms with Crippen LogP contribution in [0.2, 0.25) is 0 Å². The molecule has 0 bridgehead atoms. The van der Waals surface area contributed by atoms with Crippen molar-refractivity contribution in [2.45, 2.75) is 158 Å². The Morgan fingerprint density at radius 2 is 1.55 bits per heavy atom. The number of Topliss-reactive ketones (excluding diaryl/α,β-unsaturated/α-hetero) is 1. The van der Waals surface area contributed by atoms with Crippen LogP contribution in [0.3, 0.4) is 0 Å². The SMILES string of the molecule is CC(C)C1=C2C3CCC4C5(C)CC[C@H](OC(=O)CC(C)(C)C(=O)O)C(C)(C)C5CC[C@@]4(C)[C@]3(C)CC[C@@]2(NC(=O)OCC2(C)CC2)CC1=O. The summed E-state index contributed by atoms with van der Waals surface area (Å²) in [6.45, 7) is 22.1. The number of carboxylic acids is 1. The van der Waals surface area contributed by atoms with Crippen LogP contribution in [0.15, 0.2) is 11.1 Å². The molecule has 0 aromatic carbocycles. The number of fused-ring (bicyclic) bond motifs is 7. The summed E-state index contributed by atoms with van der Waals surface area (Å²) in [7, 11) is 0. The molecule has 1 amide bonds. The smallest absolute Gasteiger partial charge is 0.407 e. The van der Waals surface area contributed by atoms with Crippen LogP contribution < -0.4 is 5.32 Å². The van der Waals surface area contributed by atoms with Crippen LogP contribution in [0.4, 0.5) is 4.79 Å². The Bertz CT molecular complexity index is 1450. The first-order chi connectivity index (χ1) is 22.6. The molecule has 6 rings (SSSR count). The molecular formula is C41H63NO7. The van der Waals surface area contributed by atoms with Gasteiger partial charge in [-0.2, -0.15) is 0 Å². The molecule has 6 aliphatic carbocycles. The summed E-state index contributed by atoms with van der Waals surface area (Å²) in [5.74, 6) is -0.0762. The number of hydrogen-bond donors (Lipinski definition) is 2. The third kappa shape index (κ3) is 5.59. The van der Waals surface area contributed by atoms with Crippen molar-refractivity contribution in [3.8, 4) is 0 Å². The number of rotatable bonds is 8. The number of ether oxygens (including phenoxy) is 2. The molecule has 8 nitrogen and oxygen atoms in total. The molecule has 0 spiro atoms. The van der Waals surface area contributed by atoms with E-state index in [2.05, 4.69) is 60.7 Å². The predicted octanol–water partition coefficient (Wildman–Crippen LogP) is 8.66. The van der Waals surface area contributed by atoms with Gasteiger partial charge < -0.3 is 19.9 Å². The number of ketones is 1. The van der Waals surface area contributed by atoms with Gasteiger partial charge in [0.05, 0.1) is 24.0 Å². The summed E-state index contributed by atoms with van der Waals surface area (Å²) >= 11 is 0. The highest BCUT2D eigenvalue weighted by Crippen LogP contribution is 2.76. The zero-order valence-corrected chi connectivity index (χ0v) is 32.0. The van der Waals surface area contributed by atoms with E-state index < -0.39 is 22.9 Å². The number of hydrogen-bond acceptors (Lipinski definition) is 6. The van der Waals surface area contributed by atoms with Crippen molar-refractivity contribution in [2.24, 2.45) is 56.2 Å². The van der Waals surface area contributed by atoms with E-state index in [1.807, 2.05) is 0 Å². The fraction of sp³-hybridized carbons (Fsp3) is 0.854. The van der Waals surface area contributed by atoms with Gasteiger partial charge in [-0.25, -0.2) is 4.79 Å². The largest absolute Gasteiger partial charge is 0.481 e. The molecule has 0 aromatic rings. The second kappa shape index (κ2) is 11.6. The number of carbonyl (C=O) groups excluding carboxylic acids is 3. The summed E-state index contributed by atoms with van der Waals surface area (Å²) in [5, 5.41) is 12.9. The van der Waals surface area contributed by atoms with Crippen LogP contribution in [0.1, 0.15) is 146 Å². The van der Waals surface area contributed by atoms with Gasteiger partial charge in [0.1, 0.15) is 6.10 Å². The highest BCUT2D eigenvalue weighted by molar-refractivity contribution is 6.02. The average molecular weight is 682 g/mol. The van der Waals surface area contributed by atoms with E-state index in [9.17, 15) is 24.3 Å². The van der Waals surface area contributed by atoms with Gasteiger partial charge in [-0.05, 0) is 129 Å². The van der Waals surface area contributed by atoms with Gasteiger partial charge in [0.2, 0.25) is 0 Å². The second-order valence-electron chi connectivity index (χ2n) is 20.0. The molecule has 2 N–H and O–H groups in total. The molecule has 0 radical (unpaired) electrons. The lowest BCUT2D eigenvalue weighted by molar-refractivity contribution is -0.232. The fourth-order valence-corrected chi connectivity index (χ4v) is 12.4. The number of alkyl carbamates (subject to hydrolysis) is 1. The molecule has 49 heavy (non-hydrogen) atoms. The Balaban J connectivity index is 1.27. The van der Waals surface area contributed by atoms with Gasteiger partial charge in [0, 0.05) is 17.3 Å². The lowest BCUT2D eigenvalue weighted by Gasteiger charge is -2.72. The minimum atomic E-state index is -1.16. The van der Waals surface area contributed by atoms with Crippen LogP contribution in [0.5, 0.6) is 0 Å². The molecule has 8 heteroatoms. The number of nitrogens with one attached hydrogen (secondary N) is 1. The van der Waals surface area contributed by atoms with Crippen molar-refractivity contribution in [1.29, 1.82) is 0 Å². The quantitative estimate of drug-likeness (QED) is 0.246. The Labute approximate surface area is 294 Å². The minimum Gasteiger partial charge on any atom is -0.481 e. The van der Waals surface area contributed by atoms with Gasteiger partial charge in [-0.15, -0.1) is 0 Å². The fourth-order valence-electron chi connectivity index (χ4n) is 12.4. The van der Waals surface area contributed by atoms with Crippen LogP contribution in [0.25, 0.3) is 0 Å². The summed E-state index contributed by atoms with van der Waals surface area (Å²) < 4.78 is 11.9. The van der Waals surface area contributed by atoms with Crippen molar-refractivity contribution in [3.05, 3.63) is 11.1 Å².